The number of nitrogens with zero attached hydrogens (tertiary/aromatic N) is 1. The molecule has 2 N–H and O–H groups in total. The second-order valence-electron chi connectivity index (χ2n) is 7.73. The maximum absolute atomic E-state index is 12.2. The van der Waals surface area contributed by atoms with E-state index in [1.807, 2.05) is 19.1 Å². The summed E-state index contributed by atoms with van der Waals surface area (Å²) >= 11 is 0. The third-order valence-electron chi connectivity index (χ3n) is 4.70. The van der Waals surface area contributed by atoms with Gasteiger partial charge in [0.1, 0.15) is 0 Å². The summed E-state index contributed by atoms with van der Waals surface area (Å²) in [6.45, 7) is 8.60. The van der Waals surface area contributed by atoms with Gasteiger partial charge in [0.05, 0.1) is 12.5 Å². The molecule has 0 unspecified atom stereocenters. The Morgan fingerprint density at radius 3 is 2.24 bits per heavy atom. The molecule has 6 nitrogen and oxygen atoms in total. The molecule has 0 spiro atoms. The first-order chi connectivity index (χ1) is 11.6. The zero-order valence-electron chi connectivity index (χ0n) is 15.2. The van der Waals surface area contributed by atoms with Crippen LogP contribution in [0.4, 0.5) is 0 Å². The van der Waals surface area contributed by atoms with Crippen molar-refractivity contribution in [1.82, 2.24) is 10.2 Å². The Bertz CT molecular complexity index is 661. The van der Waals surface area contributed by atoms with E-state index in [9.17, 15) is 14.4 Å². The molecule has 0 bridgehead atoms. The van der Waals surface area contributed by atoms with E-state index in [0.29, 0.717) is 12.1 Å². The van der Waals surface area contributed by atoms with Crippen LogP contribution in [0.2, 0.25) is 0 Å². The molecule has 1 aliphatic rings. The number of likely N-dealkylation sites (tertiary alicyclic amines) is 1. The van der Waals surface area contributed by atoms with Gasteiger partial charge in [0, 0.05) is 18.7 Å². The molecule has 6 heteroatoms. The van der Waals surface area contributed by atoms with Crippen LogP contribution < -0.4 is 5.32 Å². The van der Waals surface area contributed by atoms with E-state index in [2.05, 4.69) is 26.1 Å². The first kappa shape index (κ1) is 19.0. The van der Waals surface area contributed by atoms with Gasteiger partial charge in [-0.3, -0.25) is 14.4 Å². The Kier molecular flexibility index (Phi) is 5.50. The molecule has 2 atom stereocenters. The van der Waals surface area contributed by atoms with Gasteiger partial charge < -0.3 is 15.3 Å². The number of carbonyl (C=O) groups is 3. The highest BCUT2D eigenvalue weighted by molar-refractivity contribution is 5.96. The van der Waals surface area contributed by atoms with E-state index in [1.165, 1.54) is 4.90 Å². The summed E-state index contributed by atoms with van der Waals surface area (Å²) in [4.78, 5) is 37.0. The van der Waals surface area contributed by atoms with Crippen molar-refractivity contribution in [3.05, 3.63) is 35.4 Å². The van der Waals surface area contributed by atoms with Crippen molar-refractivity contribution in [3.8, 4) is 0 Å². The molecule has 0 saturated carbocycles. The SMILES string of the molecule is C[C@@H]1CN(C(=O)CNC(=O)c2ccc(C(C)(C)C)cc2)C[C@H]1C(=O)O. The van der Waals surface area contributed by atoms with Crippen LogP contribution in [0.15, 0.2) is 24.3 Å². The van der Waals surface area contributed by atoms with Gasteiger partial charge in [-0.1, -0.05) is 39.8 Å². The van der Waals surface area contributed by atoms with Crippen molar-refractivity contribution in [2.75, 3.05) is 19.6 Å². The zero-order valence-corrected chi connectivity index (χ0v) is 15.2. The smallest absolute Gasteiger partial charge is 0.308 e. The molecule has 0 aromatic heterocycles. The van der Waals surface area contributed by atoms with E-state index in [4.69, 9.17) is 5.11 Å². The highest BCUT2D eigenvalue weighted by Crippen LogP contribution is 2.23. The number of nitrogens with one attached hydrogen (secondary N) is 1. The fourth-order valence-electron chi connectivity index (χ4n) is 2.98. The van der Waals surface area contributed by atoms with Crippen molar-refractivity contribution in [1.29, 1.82) is 0 Å². The summed E-state index contributed by atoms with van der Waals surface area (Å²) in [5.74, 6) is -2.07. The van der Waals surface area contributed by atoms with Gasteiger partial charge in [-0.25, -0.2) is 0 Å². The van der Waals surface area contributed by atoms with Crippen molar-refractivity contribution in [2.45, 2.75) is 33.1 Å². The highest BCUT2D eigenvalue weighted by Gasteiger charge is 2.36. The molecule has 136 valence electrons. The molecule has 1 aromatic rings. The van der Waals surface area contributed by atoms with Gasteiger partial charge in [-0.05, 0) is 29.0 Å². The topological polar surface area (TPSA) is 86.7 Å². The van der Waals surface area contributed by atoms with Gasteiger partial charge in [-0.15, -0.1) is 0 Å². The second kappa shape index (κ2) is 7.25. The number of carboxylic acid groups (broad SMARTS) is 1. The molecule has 1 heterocycles. The highest BCUT2D eigenvalue weighted by atomic mass is 16.4. The maximum Gasteiger partial charge on any atom is 0.308 e. The molecule has 2 amide bonds. The van der Waals surface area contributed by atoms with E-state index in [0.717, 1.165) is 5.56 Å². The number of hydrogen-bond donors (Lipinski definition) is 2. The lowest BCUT2D eigenvalue weighted by molar-refractivity contribution is -0.142. The largest absolute Gasteiger partial charge is 0.481 e. The van der Waals surface area contributed by atoms with Crippen LogP contribution in [-0.4, -0.2) is 47.4 Å². The fourth-order valence-corrected chi connectivity index (χ4v) is 2.98. The summed E-state index contributed by atoms with van der Waals surface area (Å²) in [5, 5.41) is 11.7. The van der Waals surface area contributed by atoms with Gasteiger partial charge in [-0.2, -0.15) is 0 Å². The lowest BCUT2D eigenvalue weighted by atomic mass is 9.87. The van der Waals surface area contributed by atoms with E-state index >= 15 is 0 Å². The summed E-state index contributed by atoms with van der Waals surface area (Å²) in [5.41, 5.74) is 1.64. The Morgan fingerprint density at radius 1 is 1.16 bits per heavy atom. The standard InChI is InChI=1S/C19H26N2O4/c1-12-10-21(11-15(12)18(24)25)16(22)9-20-17(23)13-5-7-14(8-6-13)19(2,3)4/h5-8,12,15H,9-11H2,1-4H3,(H,20,23)(H,24,25)/t12-,15-/m1/s1. The van der Waals surface area contributed by atoms with E-state index < -0.39 is 11.9 Å². The number of amides is 2. The molecular formula is C19H26N2O4. The number of rotatable bonds is 4. The number of aliphatic carboxylic acids is 1. The summed E-state index contributed by atoms with van der Waals surface area (Å²) < 4.78 is 0. The molecule has 1 aromatic carbocycles. The van der Waals surface area contributed by atoms with Gasteiger partial charge >= 0.3 is 5.97 Å². The Morgan fingerprint density at radius 2 is 1.76 bits per heavy atom. The summed E-state index contributed by atoms with van der Waals surface area (Å²) in [7, 11) is 0. The first-order valence-corrected chi connectivity index (χ1v) is 8.49. The molecule has 2 rings (SSSR count). The van der Waals surface area contributed by atoms with Crippen LogP contribution in [-0.2, 0) is 15.0 Å². The lowest BCUT2D eigenvalue weighted by Crippen LogP contribution is -2.39. The monoisotopic (exact) mass is 346 g/mol. The van der Waals surface area contributed by atoms with Crippen molar-refractivity contribution < 1.29 is 19.5 Å². The minimum Gasteiger partial charge on any atom is -0.481 e. The predicted molar refractivity (Wildman–Crippen MR) is 94.3 cm³/mol. The second-order valence-corrected chi connectivity index (χ2v) is 7.73. The molecule has 1 aliphatic heterocycles. The summed E-state index contributed by atoms with van der Waals surface area (Å²) in [6.07, 6.45) is 0. The first-order valence-electron chi connectivity index (χ1n) is 8.49. The van der Waals surface area contributed by atoms with Crippen LogP contribution in [0.3, 0.4) is 0 Å². The lowest BCUT2D eigenvalue weighted by Gasteiger charge is -2.19. The number of carbonyl (C=O) groups excluding carboxylic acids is 2. The van der Waals surface area contributed by atoms with Crippen LogP contribution in [0, 0.1) is 11.8 Å². The van der Waals surface area contributed by atoms with Crippen LogP contribution in [0.25, 0.3) is 0 Å². The number of hydrogen-bond acceptors (Lipinski definition) is 3. The van der Waals surface area contributed by atoms with E-state index in [-0.39, 0.29) is 36.2 Å². The average Bonchev–Trinajstić information content (AvgIpc) is 2.93. The minimum absolute atomic E-state index is 0.0120. The minimum atomic E-state index is -0.884. The maximum atomic E-state index is 12.2. The van der Waals surface area contributed by atoms with Gasteiger partial charge in [0.15, 0.2) is 0 Å². The Hall–Kier alpha value is -2.37. The Balaban J connectivity index is 1.90. The molecule has 0 radical (unpaired) electrons. The normalized spacial score (nSPS) is 20.4. The van der Waals surface area contributed by atoms with Crippen molar-refractivity contribution >= 4 is 17.8 Å². The van der Waals surface area contributed by atoms with Crippen molar-refractivity contribution in [3.63, 3.8) is 0 Å². The molecule has 0 aliphatic carbocycles. The fraction of sp³-hybridized carbons (Fsp3) is 0.526. The van der Waals surface area contributed by atoms with Gasteiger partial charge in [0.25, 0.3) is 5.91 Å². The Labute approximate surface area is 148 Å². The molecule has 1 saturated heterocycles. The molecular weight excluding hydrogens is 320 g/mol. The zero-order chi connectivity index (χ0) is 18.8. The third kappa shape index (κ3) is 4.59. The summed E-state index contributed by atoms with van der Waals surface area (Å²) in [6, 6.07) is 7.32. The number of carboxylic acids is 1. The molecule has 1 fully saturated rings. The molecule has 25 heavy (non-hydrogen) atoms. The average molecular weight is 346 g/mol. The third-order valence-corrected chi connectivity index (χ3v) is 4.70. The predicted octanol–water partition coefficient (Wildman–Crippen LogP) is 1.89. The van der Waals surface area contributed by atoms with Crippen LogP contribution >= 0.6 is 0 Å². The number of benzene rings is 1. The van der Waals surface area contributed by atoms with Crippen molar-refractivity contribution in [2.24, 2.45) is 11.8 Å². The van der Waals surface area contributed by atoms with Crippen LogP contribution in [0.5, 0.6) is 0 Å². The van der Waals surface area contributed by atoms with Gasteiger partial charge in [0.2, 0.25) is 5.91 Å². The van der Waals surface area contributed by atoms with Crippen LogP contribution in [0.1, 0.15) is 43.6 Å². The quantitative estimate of drug-likeness (QED) is 0.872. The van der Waals surface area contributed by atoms with E-state index in [1.54, 1.807) is 12.1 Å².